The number of hydrogen-bond acceptors (Lipinski definition) is 3. The quantitative estimate of drug-likeness (QED) is 0.605. The number of nitrogens with one attached hydrogen (secondary N) is 1. The maximum absolute atomic E-state index is 14.1. The Morgan fingerprint density at radius 2 is 2.27 bits per heavy atom. The lowest BCUT2D eigenvalue weighted by Crippen LogP contribution is -2.37. The molecular weight excluding hydrogens is 340 g/mol. The minimum absolute atomic E-state index is 0.0652. The van der Waals surface area contributed by atoms with Crippen molar-refractivity contribution in [2.24, 2.45) is 5.73 Å². The molecule has 3 atom stereocenters. The van der Waals surface area contributed by atoms with E-state index >= 15 is 0 Å². The number of nitrogens with zero attached hydrogens (tertiary/aromatic N) is 1. The number of carbonyl (C=O) groups is 1. The summed E-state index contributed by atoms with van der Waals surface area (Å²) >= 11 is 0. The van der Waals surface area contributed by atoms with E-state index < -0.39 is 17.7 Å². The van der Waals surface area contributed by atoms with Crippen LogP contribution in [0.3, 0.4) is 0 Å². The molecule has 0 bridgehead atoms. The Hall–Kier alpha value is -2.28. The van der Waals surface area contributed by atoms with Gasteiger partial charge in [-0.2, -0.15) is 0 Å². The number of halogens is 2. The summed E-state index contributed by atoms with van der Waals surface area (Å²) in [7, 11) is 0. The van der Waals surface area contributed by atoms with Gasteiger partial charge in [0.05, 0.1) is 6.10 Å². The summed E-state index contributed by atoms with van der Waals surface area (Å²) in [6, 6.07) is 6.16. The Morgan fingerprint density at radius 3 is 2.88 bits per heavy atom. The summed E-state index contributed by atoms with van der Waals surface area (Å²) in [6.07, 6.45) is 5.06. The molecule has 0 aliphatic carbocycles. The van der Waals surface area contributed by atoms with Crippen molar-refractivity contribution in [3.63, 3.8) is 0 Å². The van der Waals surface area contributed by atoms with Crippen molar-refractivity contribution in [2.75, 3.05) is 0 Å². The van der Waals surface area contributed by atoms with Crippen LogP contribution in [0.1, 0.15) is 43.5 Å². The molecule has 1 amide bonds. The van der Waals surface area contributed by atoms with Gasteiger partial charge in [-0.05, 0) is 56.7 Å². The third-order valence-corrected chi connectivity index (χ3v) is 4.42. The van der Waals surface area contributed by atoms with Gasteiger partial charge in [-0.15, -0.1) is 0 Å². The van der Waals surface area contributed by atoms with E-state index in [4.69, 9.17) is 5.73 Å². The van der Waals surface area contributed by atoms with Crippen LogP contribution in [0.25, 0.3) is 0 Å². The first-order valence-corrected chi connectivity index (χ1v) is 8.52. The molecule has 1 heterocycles. The van der Waals surface area contributed by atoms with E-state index in [9.17, 15) is 18.7 Å². The van der Waals surface area contributed by atoms with Crippen LogP contribution in [-0.2, 0) is 11.2 Å². The zero-order valence-electron chi connectivity index (χ0n) is 14.7. The smallest absolute Gasteiger partial charge is 0.254 e. The number of aromatic amines is 1. The molecule has 1 radical (unpaired) electrons. The average Bonchev–Trinajstić information content (AvgIpc) is 3.11. The number of benzene rings is 1. The van der Waals surface area contributed by atoms with Gasteiger partial charge in [0.15, 0.2) is 5.67 Å². The van der Waals surface area contributed by atoms with Gasteiger partial charge in [0, 0.05) is 18.3 Å². The van der Waals surface area contributed by atoms with Gasteiger partial charge in [0.1, 0.15) is 11.6 Å². The normalized spacial score (nSPS) is 16.0. The second-order valence-electron chi connectivity index (χ2n) is 6.64. The van der Waals surface area contributed by atoms with Crippen LogP contribution in [0.2, 0.25) is 0 Å². The largest absolute Gasteiger partial charge is 0.393 e. The number of amides is 1. The van der Waals surface area contributed by atoms with Crippen LogP contribution in [0, 0.1) is 12.2 Å². The lowest BCUT2D eigenvalue weighted by molar-refractivity contribution is -0.128. The monoisotopic (exact) mass is 364 g/mol. The Balaban J connectivity index is 1.94. The van der Waals surface area contributed by atoms with Crippen LogP contribution in [0.15, 0.2) is 36.7 Å². The maximum atomic E-state index is 14.1. The first kappa shape index (κ1) is 20.0. The number of alkyl halides is 1. The minimum Gasteiger partial charge on any atom is -0.393 e. The Kier molecular flexibility index (Phi) is 6.85. The van der Waals surface area contributed by atoms with E-state index in [1.54, 1.807) is 30.9 Å². The molecule has 5 nitrogen and oxygen atoms in total. The van der Waals surface area contributed by atoms with Crippen molar-refractivity contribution < 1.29 is 18.7 Å². The van der Waals surface area contributed by atoms with E-state index in [2.05, 4.69) is 9.97 Å². The summed E-state index contributed by atoms with van der Waals surface area (Å²) in [5.74, 6) is -0.983. The zero-order valence-corrected chi connectivity index (χ0v) is 14.7. The number of hydrogen-bond donors (Lipinski definition) is 3. The number of rotatable bonds is 10. The summed E-state index contributed by atoms with van der Waals surface area (Å²) in [4.78, 5) is 18.3. The van der Waals surface area contributed by atoms with Gasteiger partial charge < -0.3 is 15.8 Å². The Morgan fingerprint density at radius 1 is 1.50 bits per heavy atom. The molecule has 2 aromatic rings. The van der Waals surface area contributed by atoms with E-state index in [0.29, 0.717) is 25.1 Å². The number of carbonyl (C=O) groups excluding carboxylic acids is 1. The molecule has 2 rings (SSSR count). The number of primary amides is 1. The molecule has 0 saturated heterocycles. The third-order valence-electron chi connectivity index (χ3n) is 4.42. The molecule has 0 fully saturated rings. The predicted octanol–water partition coefficient (Wildman–Crippen LogP) is 2.82. The van der Waals surface area contributed by atoms with Crippen LogP contribution in [0.4, 0.5) is 8.78 Å². The number of H-pyrrole nitrogens is 1. The highest BCUT2D eigenvalue weighted by molar-refractivity contribution is 5.82. The number of aromatic nitrogens is 2. The van der Waals surface area contributed by atoms with Crippen molar-refractivity contribution in [1.82, 2.24) is 9.97 Å². The Bertz CT molecular complexity index is 705. The molecule has 26 heavy (non-hydrogen) atoms. The van der Waals surface area contributed by atoms with Gasteiger partial charge in [-0.3, -0.25) is 4.79 Å². The number of imidazole rings is 1. The van der Waals surface area contributed by atoms with Crippen molar-refractivity contribution >= 4 is 5.91 Å². The SMILES string of the molecule is CC(F)(CC[C@H](C[C@@H](O)[CH]Cc1cccc(F)c1)c1ncc[nH]1)C(N)=O. The lowest BCUT2D eigenvalue weighted by atomic mass is 9.89. The van der Waals surface area contributed by atoms with Gasteiger partial charge >= 0.3 is 0 Å². The maximum Gasteiger partial charge on any atom is 0.254 e. The molecule has 0 aliphatic rings. The molecule has 0 aliphatic heterocycles. The molecule has 141 valence electrons. The van der Waals surface area contributed by atoms with E-state index in [1.807, 2.05) is 0 Å². The molecule has 0 saturated carbocycles. The minimum atomic E-state index is -2.11. The van der Waals surface area contributed by atoms with Gasteiger partial charge in [0.2, 0.25) is 0 Å². The van der Waals surface area contributed by atoms with E-state index in [1.165, 1.54) is 12.1 Å². The molecule has 1 aromatic heterocycles. The molecular formula is C19H24F2N3O2. The standard InChI is InChI=1S/C19H24F2N3O2/c1-19(21,18(22)26)8-7-14(17-23-9-10-24-17)12-16(25)6-5-13-3-2-4-15(20)11-13/h2-4,6,9-11,14,16,25H,5,7-8,12H2,1H3,(H2,22,26)(H,23,24)/t14-,16+,19?/m1/s1. The Labute approximate surface area is 151 Å². The highest BCUT2D eigenvalue weighted by Gasteiger charge is 2.32. The van der Waals surface area contributed by atoms with Crippen molar-refractivity contribution in [2.45, 2.75) is 50.3 Å². The predicted molar refractivity (Wildman–Crippen MR) is 94.3 cm³/mol. The fraction of sp³-hybridized carbons (Fsp3) is 0.421. The summed E-state index contributed by atoms with van der Waals surface area (Å²) in [5.41, 5.74) is 3.72. The highest BCUT2D eigenvalue weighted by Crippen LogP contribution is 2.29. The second-order valence-corrected chi connectivity index (χ2v) is 6.64. The lowest BCUT2D eigenvalue weighted by Gasteiger charge is -2.22. The molecule has 7 heteroatoms. The highest BCUT2D eigenvalue weighted by atomic mass is 19.1. The zero-order chi connectivity index (χ0) is 19.2. The van der Waals surface area contributed by atoms with Crippen molar-refractivity contribution in [3.8, 4) is 0 Å². The molecule has 4 N–H and O–H groups in total. The molecule has 1 aromatic carbocycles. The second kappa shape index (κ2) is 8.89. The van der Waals surface area contributed by atoms with Crippen LogP contribution in [-0.4, -0.2) is 32.8 Å². The van der Waals surface area contributed by atoms with Crippen molar-refractivity contribution in [1.29, 1.82) is 0 Å². The van der Waals surface area contributed by atoms with Crippen molar-refractivity contribution in [3.05, 3.63) is 60.3 Å². The number of nitrogens with two attached hydrogens (primary N) is 1. The molecule has 0 spiro atoms. The average molecular weight is 364 g/mol. The van der Waals surface area contributed by atoms with Crippen LogP contribution < -0.4 is 5.73 Å². The molecule has 1 unspecified atom stereocenters. The van der Waals surface area contributed by atoms with E-state index in [-0.39, 0.29) is 18.2 Å². The van der Waals surface area contributed by atoms with Gasteiger partial charge in [-0.1, -0.05) is 12.1 Å². The summed E-state index contributed by atoms with van der Waals surface area (Å²) < 4.78 is 27.4. The van der Waals surface area contributed by atoms with Gasteiger partial charge in [-0.25, -0.2) is 13.8 Å². The van der Waals surface area contributed by atoms with Crippen LogP contribution in [0.5, 0.6) is 0 Å². The topological polar surface area (TPSA) is 92.0 Å². The fourth-order valence-corrected chi connectivity index (χ4v) is 2.76. The van der Waals surface area contributed by atoms with Gasteiger partial charge in [0.25, 0.3) is 5.91 Å². The van der Waals surface area contributed by atoms with E-state index in [0.717, 1.165) is 12.5 Å². The fourth-order valence-electron chi connectivity index (χ4n) is 2.76. The van der Waals surface area contributed by atoms with Crippen LogP contribution >= 0.6 is 0 Å². The number of aliphatic hydroxyl groups excluding tert-OH is 1. The summed E-state index contributed by atoms with van der Waals surface area (Å²) in [6.45, 7) is 1.15. The first-order valence-electron chi connectivity index (χ1n) is 8.52. The summed E-state index contributed by atoms with van der Waals surface area (Å²) in [5, 5.41) is 10.3. The number of aliphatic hydroxyl groups is 1. The first-order chi connectivity index (χ1) is 12.3. The third kappa shape index (κ3) is 5.91.